The van der Waals surface area contributed by atoms with Crippen molar-refractivity contribution < 1.29 is 4.74 Å². The van der Waals surface area contributed by atoms with Crippen LogP contribution in [0.4, 0.5) is 0 Å². The zero-order valence-electron chi connectivity index (χ0n) is 16.5. The minimum atomic E-state index is 0.350. The van der Waals surface area contributed by atoms with Crippen LogP contribution in [-0.4, -0.2) is 22.1 Å². The number of nitrogens with zero attached hydrogens (tertiary/aromatic N) is 3. The van der Waals surface area contributed by atoms with Crippen LogP contribution < -0.4 is 15.3 Å². The fourth-order valence-corrected chi connectivity index (χ4v) is 2.99. The molecule has 3 aromatic rings. The lowest BCUT2D eigenvalue weighted by molar-refractivity contribution is 0.415. The van der Waals surface area contributed by atoms with Crippen LogP contribution in [0, 0.1) is 0 Å². The summed E-state index contributed by atoms with van der Waals surface area (Å²) in [5.41, 5.74) is 3.70. The highest BCUT2D eigenvalue weighted by Crippen LogP contribution is 2.22. The SMILES string of the molecule is C/C=c1/c(-c2cccc(OC)c2)nc(-c2cccc(C(C)C)n2)n/c1=C/C. The third kappa shape index (κ3) is 3.90. The summed E-state index contributed by atoms with van der Waals surface area (Å²) >= 11 is 0. The zero-order valence-corrected chi connectivity index (χ0v) is 16.5. The Hall–Kier alpha value is -3.01. The topological polar surface area (TPSA) is 47.9 Å². The summed E-state index contributed by atoms with van der Waals surface area (Å²) < 4.78 is 5.39. The molecule has 0 aliphatic heterocycles. The molecule has 0 radical (unpaired) electrons. The predicted octanol–water partition coefficient (Wildman–Crippen LogP) is 3.94. The first-order valence-electron chi connectivity index (χ1n) is 9.19. The molecule has 0 amide bonds. The van der Waals surface area contributed by atoms with E-state index in [2.05, 4.69) is 13.8 Å². The summed E-state index contributed by atoms with van der Waals surface area (Å²) in [6, 6.07) is 14.0. The van der Waals surface area contributed by atoms with E-state index in [9.17, 15) is 0 Å². The van der Waals surface area contributed by atoms with Gasteiger partial charge in [0, 0.05) is 16.5 Å². The van der Waals surface area contributed by atoms with Gasteiger partial charge in [0.1, 0.15) is 11.4 Å². The van der Waals surface area contributed by atoms with E-state index >= 15 is 0 Å². The zero-order chi connectivity index (χ0) is 19.4. The molecule has 0 fully saturated rings. The lowest BCUT2D eigenvalue weighted by atomic mass is 10.1. The van der Waals surface area contributed by atoms with Gasteiger partial charge in [-0.1, -0.05) is 44.2 Å². The van der Waals surface area contributed by atoms with Crippen LogP contribution >= 0.6 is 0 Å². The molecule has 27 heavy (non-hydrogen) atoms. The summed E-state index contributed by atoms with van der Waals surface area (Å²) in [5.74, 6) is 1.79. The van der Waals surface area contributed by atoms with Crippen LogP contribution in [0.15, 0.2) is 42.5 Å². The van der Waals surface area contributed by atoms with Crippen molar-refractivity contribution in [2.75, 3.05) is 7.11 Å². The number of aromatic nitrogens is 3. The second-order valence-corrected chi connectivity index (χ2v) is 6.61. The van der Waals surface area contributed by atoms with Crippen LogP contribution in [0.3, 0.4) is 0 Å². The van der Waals surface area contributed by atoms with Gasteiger partial charge >= 0.3 is 0 Å². The van der Waals surface area contributed by atoms with E-state index in [1.54, 1.807) is 7.11 Å². The maximum Gasteiger partial charge on any atom is 0.179 e. The maximum absolute atomic E-state index is 5.39. The molecule has 3 rings (SSSR count). The highest BCUT2D eigenvalue weighted by molar-refractivity contribution is 5.65. The number of hydrogen-bond donors (Lipinski definition) is 0. The number of pyridine rings is 1. The molecule has 0 bridgehead atoms. The summed E-state index contributed by atoms with van der Waals surface area (Å²) in [6.45, 7) is 8.27. The van der Waals surface area contributed by atoms with Gasteiger partial charge in [-0.15, -0.1) is 0 Å². The van der Waals surface area contributed by atoms with Gasteiger partial charge in [0.05, 0.1) is 18.2 Å². The lowest BCUT2D eigenvalue weighted by Crippen LogP contribution is -2.32. The first-order valence-corrected chi connectivity index (χ1v) is 9.19. The van der Waals surface area contributed by atoms with Crippen LogP contribution in [-0.2, 0) is 0 Å². The van der Waals surface area contributed by atoms with Crippen molar-refractivity contribution in [2.45, 2.75) is 33.6 Å². The molecule has 2 heterocycles. The van der Waals surface area contributed by atoms with Crippen molar-refractivity contribution in [1.29, 1.82) is 0 Å². The molecule has 4 heteroatoms. The highest BCUT2D eigenvalue weighted by Gasteiger charge is 2.12. The third-order valence-electron chi connectivity index (χ3n) is 4.47. The number of methoxy groups -OCH3 is 1. The number of hydrogen-bond acceptors (Lipinski definition) is 4. The van der Waals surface area contributed by atoms with Gasteiger partial charge in [-0.25, -0.2) is 15.0 Å². The van der Waals surface area contributed by atoms with Crippen molar-refractivity contribution in [3.05, 3.63) is 58.7 Å². The first kappa shape index (κ1) is 18.8. The standard InChI is InChI=1S/C23H25N3O/c1-6-18-19(7-2)25-23(21-13-9-12-20(24-21)15(3)4)26-22(18)16-10-8-11-17(14-16)27-5/h6-15H,1-5H3/b18-6+,19-7+. The van der Waals surface area contributed by atoms with Crippen molar-refractivity contribution in [3.63, 3.8) is 0 Å². The van der Waals surface area contributed by atoms with E-state index in [-0.39, 0.29) is 0 Å². The van der Waals surface area contributed by atoms with Gasteiger partial charge in [-0.2, -0.15) is 0 Å². The molecule has 0 atom stereocenters. The molecule has 0 N–H and O–H groups in total. The molecule has 138 valence electrons. The van der Waals surface area contributed by atoms with Gasteiger partial charge in [0.25, 0.3) is 0 Å². The van der Waals surface area contributed by atoms with E-state index in [1.165, 1.54) is 0 Å². The Bertz CT molecular complexity index is 1070. The Balaban J connectivity index is 2.28. The van der Waals surface area contributed by atoms with Crippen LogP contribution in [0.25, 0.3) is 34.9 Å². The first-order chi connectivity index (χ1) is 13.1. The molecule has 0 aliphatic rings. The highest BCUT2D eigenvalue weighted by atomic mass is 16.5. The molecule has 0 unspecified atom stereocenters. The van der Waals surface area contributed by atoms with E-state index in [4.69, 9.17) is 19.7 Å². The Morgan fingerprint density at radius 2 is 1.70 bits per heavy atom. The molecule has 0 aliphatic carbocycles. The summed E-state index contributed by atoms with van der Waals surface area (Å²) in [6.07, 6.45) is 4.06. The molecular weight excluding hydrogens is 334 g/mol. The fourth-order valence-electron chi connectivity index (χ4n) is 2.99. The fraction of sp³-hybridized carbons (Fsp3) is 0.261. The predicted molar refractivity (Wildman–Crippen MR) is 111 cm³/mol. The minimum absolute atomic E-state index is 0.350. The molecule has 2 aromatic heterocycles. The summed E-state index contributed by atoms with van der Waals surface area (Å²) in [4.78, 5) is 14.4. The van der Waals surface area contributed by atoms with Crippen molar-refractivity contribution in [2.24, 2.45) is 0 Å². The third-order valence-corrected chi connectivity index (χ3v) is 4.47. The second-order valence-electron chi connectivity index (χ2n) is 6.61. The summed E-state index contributed by atoms with van der Waals surface area (Å²) in [5, 5.41) is 1.91. The van der Waals surface area contributed by atoms with Gasteiger partial charge < -0.3 is 4.74 Å². The Kier molecular flexibility index (Phi) is 5.65. The van der Waals surface area contributed by atoms with E-state index < -0.39 is 0 Å². The van der Waals surface area contributed by atoms with Crippen molar-refractivity contribution in [1.82, 2.24) is 15.0 Å². The second kappa shape index (κ2) is 8.12. The molecule has 0 saturated carbocycles. The van der Waals surface area contributed by atoms with E-state index in [0.29, 0.717) is 11.7 Å². The summed E-state index contributed by atoms with van der Waals surface area (Å²) in [7, 11) is 1.67. The molecule has 4 nitrogen and oxygen atoms in total. The normalized spacial score (nSPS) is 12.7. The molecule has 1 aromatic carbocycles. The lowest BCUT2D eigenvalue weighted by Gasteiger charge is -2.10. The smallest absolute Gasteiger partial charge is 0.179 e. The Labute approximate surface area is 160 Å². The Morgan fingerprint density at radius 3 is 2.37 bits per heavy atom. The molecule has 0 saturated heterocycles. The van der Waals surface area contributed by atoms with E-state index in [0.717, 1.165) is 39.0 Å². The monoisotopic (exact) mass is 359 g/mol. The average molecular weight is 359 g/mol. The number of rotatable bonds is 4. The van der Waals surface area contributed by atoms with Crippen molar-refractivity contribution in [3.8, 4) is 28.5 Å². The number of benzene rings is 1. The molecular formula is C23H25N3O. The van der Waals surface area contributed by atoms with Crippen molar-refractivity contribution >= 4 is 12.2 Å². The maximum atomic E-state index is 5.39. The Morgan fingerprint density at radius 1 is 0.926 bits per heavy atom. The van der Waals surface area contributed by atoms with Gasteiger partial charge in [0.15, 0.2) is 5.82 Å². The average Bonchev–Trinajstić information content (AvgIpc) is 2.72. The van der Waals surface area contributed by atoms with Crippen LogP contribution in [0.1, 0.15) is 39.3 Å². The largest absolute Gasteiger partial charge is 0.497 e. The van der Waals surface area contributed by atoms with Gasteiger partial charge in [-0.05, 0) is 44.0 Å². The van der Waals surface area contributed by atoms with Gasteiger partial charge in [0.2, 0.25) is 0 Å². The van der Waals surface area contributed by atoms with Crippen LogP contribution in [0.5, 0.6) is 5.75 Å². The number of ether oxygens (including phenoxy) is 1. The quantitative estimate of drug-likeness (QED) is 0.708. The minimum Gasteiger partial charge on any atom is -0.497 e. The molecule has 0 spiro atoms. The van der Waals surface area contributed by atoms with Crippen LogP contribution in [0.2, 0.25) is 0 Å². The van der Waals surface area contributed by atoms with E-state index in [1.807, 2.05) is 68.5 Å². The van der Waals surface area contributed by atoms with Gasteiger partial charge in [-0.3, -0.25) is 0 Å².